The Labute approximate surface area is 116 Å². The first-order valence-electron chi connectivity index (χ1n) is 5.96. The standard InChI is InChI=1S/C12H19IN2S/c1-12(2,3)9-6-4-8(5-7-9)10-14-11(13)16-15-10/h8-9H,4-7H2,1-3H3. The van der Waals surface area contributed by atoms with Crippen LogP contribution in [0.15, 0.2) is 0 Å². The molecular formula is C12H19IN2S. The zero-order chi connectivity index (χ0) is 11.8. The predicted octanol–water partition coefficient (Wildman–Crippen LogP) is 4.46. The summed E-state index contributed by atoms with van der Waals surface area (Å²) in [4.78, 5) is 4.52. The van der Waals surface area contributed by atoms with Gasteiger partial charge in [0.15, 0.2) is 3.01 Å². The van der Waals surface area contributed by atoms with Crippen LogP contribution in [0.25, 0.3) is 0 Å². The molecule has 16 heavy (non-hydrogen) atoms. The molecule has 0 bridgehead atoms. The van der Waals surface area contributed by atoms with Crippen molar-refractivity contribution in [2.75, 3.05) is 0 Å². The van der Waals surface area contributed by atoms with Gasteiger partial charge in [0.1, 0.15) is 5.82 Å². The molecule has 2 rings (SSSR count). The van der Waals surface area contributed by atoms with E-state index in [4.69, 9.17) is 0 Å². The van der Waals surface area contributed by atoms with Gasteiger partial charge in [-0.25, -0.2) is 4.98 Å². The number of hydrogen-bond acceptors (Lipinski definition) is 3. The molecule has 0 aliphatic heterocycles. The Balaban J connectivity index is 1.95. The van der Waals surface area contributed by atoms with Crippen molar-refractivity contribution in [2.24, 2.45) is 11.3 Å². The fourth-order valence-corrected chi connectivity index (χ4v) is 3.63. The van der Waals surface area contributed by atoms with E-state index in [1.165, 1.54) is 37.2 Å². The first kappa shape index (κ1) is 12.7. The number of hydrogen-bond donors (Lipinski definition) is 0. The number of aromatic nitrogens is 2. The van der Waals surface area contributed by atoms with Crippen molar-refractivity contribution in [3.8, 4) is 0 Å². The number of nitrogens with zero attached hydrogens (tertiary/aromatic N) is 2. The fraction of sp³-hybridized carbons (Fsp3) is 0.833. The summed E-state index contributed by atoms with van der Waals surface area (Å²) < 4.78 is 5.52. The molecule has 0 unspecified atom stereocenters. The molecule has 0 spiro atoms. The highest BCUT2D eigenvalue weighted by molar-refractivity contribution is 14.1. The molecule has 1 aromatic rings. The summed E-state index contributed by atoms with van der Waals surface area (Å²) in [5, 5.41) is 0. The minimum atomic E-state index is 0.467. The van der Waals surface area contributed by atoms with Crippen molar-refractivity contribution in [3.05, 3.63) is 8.84 Å². The first-order chi connectivity index (χ1) is 7.47. The van der Waals surface area contributed by atoms with E-state index in [2.05, 4.69) is 52.7 Å². The van der Waals surface area contributed by atoms with Gasteiger partial charge in [-0.2, -0.15) is 4.37 Å². The van der Waals surface area contributed by atoms with Crippen LogP contribution in [-0.4, -0.2) is 9.36 Å². The zero-order valence-electron chi connectivity index (χ0n) is 10.2. The maximum absolute atomic E-state index is 4.52. The molecule has 1 aliphatic carbocycles. The summed E-state index contributed by atoms with van der Waals surface area (Å²) in [7, 11) is 0. The SMILES string of the molecule is CC(C)(C)C1CCC(c2nsc(I)n2)CC1. The molecule has 2 nitrogen and oxygen atoms in total. The molecule has 0 radical (unpaired) electrons. The highest BCUT2D eigenvalue weighted by Crippen LogP contribution is 2.42. The van der Waals surface area contributed by atoms with Crippen molar-refractivity contribution in [3.63, 3.8) is 0 Å². The first-order valence-corrected chi connectivity index (χ1v) is 7.81. The van der Waals surface area contributed by atoms with Gasteiger partial charge in [-0.1, -0.05) is 20.8 Å². The van der Waals surface area contributed by atoms with Gasteiger partial charge < -0.3 is 0 Å². The maximum atomic E-state index is 4.52. The minimum Gasteiger partial charge on any atom is -0.213 e. The molecule has 1 heterocycles. The second-order valence-corrected chi connectivity index (χ2v) is 8.33. The molecule has 4 heteroatoms. The molecule has 1 aliphatic rings. The van der Waals surface area contributed by atoms with Crippen LogP contribution in [0, 0.1) is 14.3 Å². The van der Waals surface area contributed by atoms with Crippen LogP contribution in [0.2, 0.25) is 0 Å². The van der Waals surface area contributed by atoms with Gasteiger partial charge in [0, 0.05) is 5.92 Å². The summed E-state index contributed by atoms with van der Waals surface area (Å²) >= 11 is 3.79. The Morgan fingerprint density at radius 1 is 1.19 bits per heavy atom. The molecule has 1 aromatic heterocycles. The van der Waals surface area contributed by atoms with Crippen molar-refractivity contribution in [1.82, 2.24) is 9.36 Å². The Morgan fingerprint density at radius 2 is 1.81 bits per heavy atom. The average molecular weight is 350 g/mol. The topological polar surface area (TPSA) is 25.8 Å². The summed E-state index contributed by atoms with van der Waals surface area (Å²) in [5.74, 6) is 2.60. The van der Waals surface area contributed by atoms with E-state index in [9.17, 15) is 0 Å². The number of rotatable bonds is 1. The van der Waals surface area contributed by atoms with E-state index >= 15 is 0 Å². The normalized spacial score (nSPS) is 27.0. The van der Waals surface area contributed by atoms with Crippen LogP contribution in [0.5, 0.6) is 0 Å². The smallest absolute Gasteiger partial charge is 0.173 e. The van der Waals surface area contributed by atoms with Gasteiger partial charge in [0.05, 0.1) is 0 Å². The zero-order valence-corrected chi connectivity index (χ0v) is 13.1. The average Bonchev–Trinajstić information content (AvgIpc) is 2.64. The van der Waals surface area contributed by atoms with Crippen LogP contribution in [0.1, 0.15) is 58.2 Å². The third kappa shape index (κ3) is 2.94. The molecular weight excluding hydrogens is 331 g/mol. The third-order valence-electron chi connectivity index (χ3n) is 3.73. The van der Waals surface area contributed by atoms with E-state index < -0.39 is 0 Å². The largest absolute Gasteiger partial charge is 0.213 e. The van der Waals surface area contributed by atoms with Gasteiger partial charge in [-0.3, -0.25) is 0 Å². The van der Waals surface area contributed by atoms with Gasteiger partial charge in [-0.15, -0.1) is 0 Å². The summed E-state index contributed by atoms with van der Waals surface area (Å²) in [6.07, 6.45) is 5.22. The molecule has 0 atom stereocenters. The van der Waals surface area contributed by atoms with Crippen molar-refractivity contribution >= 4 is 34.1 Å². The second-order valence-electron chi connectivity index (χ2n) is 5.82. The Kier molecular flexibility index (Phi) is 3.89. The predicted molar refractivity (Wildman–Crippen MR) is 76.8 cm³/mol. The molecule has 1 fully saturated rings. The van der Waals surface area contributed by atoms with Crippen molar-refractivity contribution in [1.29, 1.82) is 0 Å². The van der Waals surface area contributed by atoms with Gasteiger partial charge >= 0.3 is 0 Å². The van der Waals surface area contributed by atoms with Crippen LogP contribution < -0.4 is 0 Å². The van der Waals surface area contributed by atoms with Gasteiger partial charge in [0.25, 0.3) is 0 Å². The monoisotopic (exact) mass is 350 g/mol. The minimum absolute atomic E-state index is 0.467. The van der Waals surface area contributed by atoms with Crippen molar-refractivity contribution < 1.29 is 0 Å². The Bertz CT molecular complexity index is 348. The molecule has 90 valence electrons. The van der Waals surface area contributed by atoms with Crippen molar-refractivity contribution in [2.45, 2.75) is 52.4 Å². The second kappa shape index (κ2) is 4.88. The maximum Gasteiger partial charge on any atom is 0.173 e. The van der Waals surface area contributed by atoms with Crippen LogP contribution in [0.4, 0.5) is 0 Å². The van der Waals surface area contributed by atoms with Crippen LogP contribution in [-0.2, 0) is 0 Å². The van der Waals surface area contributed by atoms with Gasteiger partial charge in [0.2, 0.25) is 0 Å². The molecule has 0 amide bonds. The number of halogens is 1. The quantitative estimate of drug-likeness (QED) is 0.699. The lowest BCUT2D eigenvalue weighted by Crippen LogP contribution is -2.25. The molecule has 0 saturated heterocycles. The van der Waals surface area contributed by atoms with E-state index in [0.29, 0.717) is 11.3 Å². The highest BCUT2D eigenvalue weighted by atomic mass is 127. The van der Waals surface area contributed by atoms with E-state index in [-0.39, 0.29) is 0 Å². The highest BCUT2D eigenvalue weighted by Gasteiger charge is 2.31. The molecule has 1 saturated carbocycles. The van der Waals surface area contributed by atoms with Crippen LogP contribution >= 0.6 is 34.1 Å². The lowest BCUT2D eigenvalue weighted by atomic mass is 9.70. The van der Waals surface area contributed by atoms with Gasteiger partial charge in [-0.05, 0) is 71.1 Å². The Morgan fingerprint density at radius 3 is 2.25 bits per heavy atom. The summed E-state index contributed by atoms with van der Waals surface area (Å²) in [5.41, 5.74) is 0.467. The van der Waals surface area contributed by atoms with E-state index in [1.54, 1.807) is 0 Å². The summed E-state index contributed by atoms with van der Waals surface area (Å²) in [6.45, 7) is 7.09. The van der Waals surface area contributed by atoms with E-state index in [1.807, 2.05) is 0 Å². The summed E-state index contributed by atoms with van der Waals surface area (Å²) in [6, 6.07) is 0. The fourth-order valence-electron chi connectivity index (χ4n) is 2.60. The molecule has 0 N–H and O–H groups in total. The Hall–Kier alpha value is 0.290. The lowest BCUT2D eigenvalue weighted by Gasteiger charge is -2.36. The molecule has 0 aromatic carbocycles. The third-order valence-corrected chi connectivity index (χ3v) is 5.09. The van der Waals surface area contributed by atoms with E-state index in [0.717, 1.165) is 14.8 Å². The lowest BCUT2D eigenvalue weighted by molar-refractivity contribution is 0.167. The van der Waals surface area contributed by atoms with Crippen LogP contribution in [0.3, 0.4) is 0 Å².